The van der Waals surface area contributed by atoms with Crippen molar-refractivity contribution < 1.29 is 4.52 Å². The predicted octanol–water partition coefficient (Wildman–Crippen LogP) is 2.61. The molecule has 15 heavy (non-hydrogen) atoms. The summed E-state index contributed by atoms with van der Waals surface area (Å²) in [6.45, 7) is 4.85. The second kappa shape index (κ2) is 4.06. The lowest BCUT2D eigenvalue weighted by atomic mass is 10.2. The average Bonchev–Trinajstić information content (AvgIpc) is 2.83. The highest BCUT2D eigenvalue weighted by molar-refractivity contribution is 6.16. The van der Waals surface area contributed by atoms with E-state index in [9.17, 15) is 0 Å². The Balaban J connectivity index is 2.39. The lowest BCUT2D eigenvalue weighted by Crippen LogP contribution is -1.93. The maximum atomic E-state index is 5.65. The number of hydrogen-bond acceptors (Lipinski definition) is 3. The zero-order valence-electron chi connectivity index (χ0n) is 8.70. The fourth-order valence-electron chi connectivity index (χ4n) is 1.43. The first kappa shape index (κ1) is 10.2. The van der Waals surface area contributed by atoms with E-state index in [4.69, 9.17) is 16.1 Å². The molecule has 0 amide bonds. The monoisotopic (exact) mass is 225 g/mol. The molecule has 2 heterocycles. The van der Waals surface area contributed by atoms with Crippen molar-refractivity contribution in [1.29, 1.82) is 0 Å². The van der Waals surface area contributed by atoms with Crippen LogP contribution >= 0.6 is 11.6 Å². The Morgan fingerprint density at radius 2 is 2.33 bits per heavy atom. The molecule has 0 aromatic carbocycles. The van der Waals surface area contributed by atoms with Gasteiger partial charge in [-0.3, -0.25) is 4.68 Å². The molecule has 80 valence electrons. The van der Waals surface area contributed by atoms with E-state index in [1.165, 1.54) is 0 Å². The second-order valence-corrected chi connectivity index (χ2v) is 3.56. The first-order valence-electron chi connectivity index (χ1n) is 4.80. The van der Waals surface area contributed by atoms with Gasteiger partial charge in [0.05, 0.1) is 11.6 Å². The van der Waals surface area contributed by atoms with E-state index in [1.54, 1.807) is 0 Å². The summed E-state index contributed by atoms with van der Waals surface area (Å²) in [6, 6.07) is 1.84. The molecule has 0 bridgehead atoms. The molecule has 0 saturated carbocycles. The zero-order chi connectivity index (χ0) is 10.8. The van der Waals surface area contributed by atoms with Crippen molar-refractivity contribution in [2.75, 3.05) is 0 Å². The van der Waals surface area contributed by atoms with E-state index in [-0.39, 0.29) is 0 Å². The van der Waals surface area contributed by atoms with Crippen molar-refractivity contribution in [1.82, 2.24) is 14.9 Å². The van der Waals surface area contributed by atoms with Crippen LogP contribution in [0.15, 0.2) is 16.8 Å². The van der Waals surface area contributed by atoms with E-state index in [0.29, 0.717) is 11.6 Å². The fraction of sp³-hybridized carbons (Fsp3) is 0.400. The molecular formula is C10H12ClN3O. The van der Waals surface area contributed by atoms with Gasteiger partial charge in [-0.1, -0.05) is 5.16 Å². The number of halogens is 1. The van der Waals surface area contributed by atoms with Crippen LogP contribution in [0.25, 0.3) is 11.3 Å². The van der Waals surface area contributed by atoms with Crippen molar-refractivity contribution in [3.8, 4) is 11.3 Å². The third-order valence-electron chi connectivity index (χ3n) is 2.24. The maximum Gasteiger partial charge on any atom is 0.152 e. The Hall–Kier alpha value is -1.29. The Labute approximate surface area is 92.8 Å². The molecule has 0 spiro atoms. The quantitative estimate of drug-likeness (QED) is 0.755. The summed E-state index contributed by atoms with van der Waals surface area (Å²) in [7, 11) is 0. The van der Waals surface area contributed by atoms with E-state index in [1.807, 2.05) is 30.8 Å². The SMILES string of the molecule is CCn1cc(-c2cc(CCl)on2)c(C)n1. The predicted molar refractivity (Wildman–Crippen MR) is 57.7 cm³/mol. The largest absolute Gasteiger partial charge is 0.359 e. The topological polar surface area (TPSA) is 43.9 Å². The van der Waals surface area contributed by atoms with Crippen LogP contribution in [-0.4, -0.2) is 14.9 Å². The molecular weight excluding hydrogens is 214 g/mol. The van der Waals surface area contributed by atoms with Gasteiger partial charge in [0.25, 0.3) is 0 Å². The highest BCUT2D eigenvalue weighted by atomic mass is 35.5. The third-order valence-corrected chi connectivity index (χ3v) is 2.50. The molecule has 0 radical (unpaired) electrons. The maximum absolute atomic E-state index is 5.65. The molecule has 0 aliphatic rings. The van der Waals surface area contributed by atoms with Gasteiger partial charge in [0.1, 0.15) is 5.69 Å². The molecule has 0 N–H and O–H groups in total. The molecule has 0 fully saturated rings. The first-order chi connectivity index (χ1) is 7.24. The molecule has 0 saturated heterocycles. The van der Waals surface area contributed by atoms with Crippen LogP contribution in [0.5, 0.6) is 0 Å². The van der Waals surface area contributed by atoms with Crippen LogP contribution < -0.4 is 0 Å². The molecule has 2 aromatic rings. The summed E-state index contributed by atoms with van der Waals surface area (Å²) in [5.41, 5.74) is 2.74. The molecule has 4 nitrogen and oxygen atoms in total. The Morgan fingerprint density at radius 1 is 1.53 bits per heavy atom. The average molecular weight is 226 g/mol. The molecule has 0 unspecified atom stereocenters. The van der Waals surface area contributed by atoms with Gasteiger partial charge in [-0.2, -0.15) is 5.10 Å². The minimum Gasteiger partial charge on any atom is -0.359 e. The number of aryl methyl sites for hydroxylation is 2. The van der Waals surface area contributed by atoms with Gasteiger partial charge in [0, 0.05) is 24.4 Å². The van der Waals surface area contributed by atoms with Gasteiger partial charge in [0.15, 0.2) is 5.76 Å². The number of alkyl halides is 1. The fourth-order valence-corrected chi connectivity index (χ4v) is 1.56. The second-order valence-electron chi connectivity index (χ2n) is 3.30. The molecule has 2 aromatic heterocycles. The highest BCUT2D eigenvalue weighted by Gasteiger charge is 2.11. The minimum absolute atomic E-state index is 0.341. The summed E-state index contributed by atoms with van der Waals surface area (Å²) in [6.07, 6.45) is 1.96. The standard InChI is InChI=1S/C10H12ClN3O/c1-3-14-6-9(7(2)12-14)10-4-8(5-11)15-13-10/h4,6H,3,5H2,1-2H3. The van der Waals surface area contributed by atoms with Crippen LogP contribution in [0.1, 0.15) is 18.4 Å². The number of aromatic nitrogens is 3. The molecule has 2 rings (SSSR count). The van der Waals surface area contributed by atoms with Gasteiger partial charge in [-0.25, -0.2) is 0 Å². The van der Waals surface area contributed by atoms with Gasteiger partial charge >= 0.3 is 0 Å². The molecule has 0 aliphatic heterocycles. The first-order valence-corrected chi connectivity index (χ1v) is 5.34. The molecule has 0 atom stereocenters. The zero-order valence-corrected chi connectivity index (χ0v) is 9.45. The number of rotatable bonds is 3. The van der Waals surface area contributed by atoms with Crippen LogP contribution in [-0.2, 0) is 12.4 Å². The van der Waals surface area contributed by atoms with Crippen molar-refractivity contribution in [3.05, 3.63) is 23.7 Å². The highest BCUT2D eigenvalue weighted by Crippen LogP contribution is 2.22. The summed E-state index contributed by atoms with van der Waals surface area (Å²) >= 11 is 5.65. The van der Waals surface area contributed by atoms with E-state index in [2.05, 4.69) is 10.3 Å². The lowest BCUT2D eigenvalue weighted by molar-refractivity contribution is 0.396. The smallest absolute Gasteiger partial charge is 0.152 e. The lowest BCUT2D eigenvalue weighted by Gasteiger charge is -1.89. The normalized spacial score (nSPS) is 10.9. The summed E-state index contributed by atoms with van der Waals surface area (Å²) in [5.74, 6) is 1.02. The van der Waals surface area contributed by atoms with E-state index >= 15 is 0 Å². The Kier molecular flexibility index (Phi) is 2.77. The van der Waals surface area contributed by atoms with Crippen LogP contribution in [0, 0.1) is 6.92 Å². The van der Waals surface area contributed by atoms with Gasteiger partial charge in [-0.05, 0) is 13.8 Å². The van der Waals surface area contributed by atoms with E-state index in [0.717, 1.165) is 23.5 Å². The number of nitrogens with zero attached hydrogens (tertiary/aromatic N) is 3. The van der Waals surface area contributed by atoms with Crippen molar-refractivity contribution in [2.24, 2.45) is 0 Å². The Bertz CT molecular complexity index is 461. The Morgan fingerprint density at radius 3 is 2.87 bits per heavy atom. The van der Waals surface area contributed by atoms with Crippen molar-refractivity contribution >= 4 is 11.6 Å². The van der Waals surface area contributed by atoms with Gasteiger partial charge < -0.3 is 4.52 Å². The van der Waals surface area contributed by atoms with Crippen LogP contribution in [0.2, 0.25) is 0 Å². The molecule has 0 aliphatic carbocycles. The minimum atomic E-state index is 0.341. The summed E-state index contributed by atoms with van der Waals surface area (Å²) in [4.78, 5) is 0. The summed E-state index contributed by atoms with van der Waals surface area (Å²) in [5, 5.41) is 8.30. The third kappa shape index (κ3) is 1.90. The van der Waals surface area contributed by atoms with Gasteiger partial charge in [-0.15, -0.1) is 11.6 Å². The summed E-state index contributed by atoms with van der Waals surface area (Å²) < 4.78 is 6.92. The van der Waals surface area contributed by atoms with Crippen LogP contribution in [0.3, 0.4) is 0 Å². The van der Waals surface area contributed by atoms with E-state index < -0.39 is 0 Å². The number of hydrogen-bond donors (Lipinski definition) is 0. The van der Waals surface area contributed by atoms with Crippen LogP contribution in [0.4, 0.5) is 0 Å². The molecule has 5 heteroatoms. The van der Waals surface area contributed by atoms with Gasteiger partial charge in [0.2, 0.25) is 0 Å². The van der Waals surface area contributed by atoms with Crippen molar-refractivity contribution in [2.45, 2.75) is 26.3 Å². The van der Waals surface area contributed by atoms with Crippen molar-refractivity contribution in [3.63, 3.8) is 0 Å².